The Labute approximate surface area is 217 Å². The molecule has 0 N–H and O–H groups in total. The van der Waals surface area contributed by atoms with Gasteiger partial charge in [0, 0.05) is 38.0 Å². The molecule has 2 aromatic heterocycles. The van der Waals surface area contributed by atoms with Crippen molar-refractivity contribution in [1.82, 2.24) is 9.88 Å². The number of hydrogen-bond acceptors (Lipinski definition) is 7. The highest BCUT2D eigenvalue weighted by atomic mass is 16.5. The fourth-order valence-corrected chi connectivity index (χ4v) is 4.42. The van der Waals surface area contributed by atoms with Gasteiger partial charge in [0.05, 0.1) is 34.1 Å². The van der Waals surface area contributed by atoms with Crippen LogP contribution in [0.1, 0.15) is 23.3 Å². The molecular weight excluding hydrogens is 470 g/mol. The lowest BCUT2D eigenvalue weighted by molar-refractivity contribution is -0.132. The number of fused-ring (bicyclic) bond motifs is 1. The number of hydrogen-bond donors (Lipinski definition) is 0. The highest BCUT2D eigenvalue weighted by Gasteiger charge is 2.21. The Hall–Kier alpha value is -4.20. The summed E-state index contributed by atoms with van der Waals surface area (Å²) in [5, 5.41) is 0.821. The number of rotatable bonds is 11. The van der Waals surface area contributed by atoms with E-state index in [-0.39, 0.29) is 5.91 Å². The first-order chi connectivity index (χ1) is 17.9. The maximum atomic E-state index is 13.6. The van der Waals surface area contributed by atoms with Crippen molar-refractivity contribution in [3.8, 4) is 17.2 Å². The average Bonchev–Trinajstić information content (AvgIpc) is 3.43. The predicted octanol–water partition coefficient (Wildman–Crippen LogP) is 5.08. The highest BCUT2D eigenvalue weighted by Crippen LogP contribution is 2.35. The lowest BCUT2D eigenvalue weighted by atomic mass is 10.1. The van der Waals surface area contributed by atoms with E-state index in [1.165, 1.54) is 0 Å². The SMILES string of the molecule is COc1ccccc1CCC(=O)N(Cc1ccco1)Cc1cc2c(OC)ccc(OC)c2nc1N(C)C. The van der Waals surface area contributed by atoms with E-state index in [9.17, 15) is 4.79 Å². The summed E-state index contributed by atoms with van der Waals surface area (Å²) in [5.41, 5.74) is 2.59. The normalized spacial score (nSPS) is 10.8. The lowest BCUT2D eigenvalue weighted by Crippen LogP contribution is -2.31. The third kappa shape index (κ3) is 5.80. The number of para-hydroxylation sites is 1. The number of amides is 1. The van der Waals surface area contributed by atoms with Crippen molar-refractivity contribution in [2.24, 2.45) is 0 Å². The number of aromatic nitrogens is 1. The van der Waals surface area contributed by atoms with Crippen LogP contribution >= 0.6 is 0 Å². The molecule has 1 amide bonds. The van der Waals surface area contributed by atoms with Gasteiger partial charge in [-0.1, -0.05) is 18.2 Å². The van der Waals surface area contributed by atoms with Gasteiger partial charge in [-0.15, -0.1) is 0 Å². The summed E-state index contributed by atoms with van der Waals surface area (Å²) in [6.45, 7) is 0.695. The Morgan fingerprint density at radius 1 is 0.865 bits per heavy atom. The first kappa shape index (κ1) is 25.9. The molecule has 0 spiro atoms. The summed E-state index contributed by atoms with van der Waals surface area (Å²) in [4.78, 5) is 22.2. The minimum Gasteiger partial charge on any atom is -0.496 e. The van der Waals surface area contributed by atoms with Crippen molar-refractivity contribution in [2.75, 3.05) is 40.3 Å². The molecule has 8 heteroatoms. The summed E-state index contributed by atoms with van der Waals surface area (Å²) < 4.78 is 22.2. The van der Waals surface area contributed by atoms with Crippen LogP contribution in [0.5, 0.6) is 17.2 Å². The van der Waals surface area contributed by atoms with Gasteiger partial charge in [0.15, 0.2) is 0 Å². The van der Waals surface area contributed by atoms with Crippen LogP contribution in [0.3, 0.4) is 0 Å². The van der Waals surface area contributed by atoms with E-state index in [4.69, 9.17) is 23.6 Å². The number of ether oxygens (including phenoxy) is 3. The van der Waals surface area contributed by atoms with Crippen LogP contribution in [-0.4, -0.2) is 51.2 Å². The number of aryl methyl sites for hydroxylation is 1. The van der Waals surface area contributed by atoms with E-state index in [0.29, 0.717) is 48.7 Å². The van der Waals surface area contributed by atoms with Gasteiger partial charge in [0.1, 0.15) is 34.3 Å². The van der Waals surface area contributed by atoms with Gasteiger partial charge in [-0.25, -0.2) is 4.98 Å². The summed E-state index contributed by atoms with van der Waals surface area (Å²) >= 11 is 0. The van der Waals surface area contributed by atoms with Gasteiger partial charge in [-0.3, -0.25) is 4.79 Å². The van der Waals surface area contributed by atoms with Crippen molar-refractivity contribution in [2.45, 2.75) is 25.9 Å². The molecular formula is C29H33N3O5. The molecule has 0 radical (unpaired) electrons. The van der Waals surface area contributed by atoms with Crippen LogP contribution in [0.4, 0.5) is 5.82 Å². The first-order valence-electron chi connectivity index (χ1n) is 12.1. The molecule has 0 aliphatic rings. The molecule has 37 heavy (non-hydrogen) atoms. The standard InChI is InChI=1S/C29H33N3O5/c1-31(2)29-21(17-23-25(35-4)13-14-26(36-5)28(23)30-29)18-32(19-22-10-8-16-37-22)27(33)15-12-20-9-6-7-11-24(20)34-3/h6-11,13-14,16-17H,12,15,18-19H2,1-5H3. The Bertz CT molecular complexity index is 1350. The van der Waals surface area contributed by atoms with Crippen LogP contribution in [0.2, 0.25) is 0 Å². The summed E-state index contributed by atoms with van der Waals surface area (Å²) in [6, 6.07) is 17.2. The molecule has 0 fully saturated rings. The van der Waals surface area contributed by atoms with Crippen molar-refractivity contribution >= 4 is 22.6 Å². The third-order valence-corrected chi connectivity index (χ3v) is 6.27. The molecule has 0 saturated heterocycles. The zero-order valence-corrected chi connectivity index (χ0v) is 22.0. The highest BCUT2D eigenvalue weighted by molar-refractivity contribution is 5.92. The van der Waals surface area contributed by atoms with Crippen LogP contribution in [0, 0.1) is 0 Å². The third-order valence-electron chi connectivity index (χ3n) is 6.27. The lowest BCUT2D eigenvalue weighted by Gasteiger charge is -2.25. The first-order valence-corrected chi connectivity index (χ1v) is 12.1. The second-order valence-corrected chi connectivity index (χ2v) is 8.87. The van der Waals surface area contributed by atoms with E-state index in [1.807, 2.05) is 73.6 Å². The maximum Gasteiger partial charge on any atom is 0.223 e. The molecule has 0 saturated carbocycles. The number of furan rings is 1. The predicted molar refractivity (Wildman–Crippen MR) is 143 cm³/mol. The Kier molecular flexibility index (Phi) is 8.18. The molecule has 2 heterocycles. The Balaban J connectivity index is 1.69. The molecule has 0 bridgehead atoms. The van der Waals surface area contributed by atoms with E-state index in [0.717, 1.165) is 28.1 Å². The van der Waals surface area contributed by atoms with E-state index in [1.54, 1.807) is 32.5 Å². The van der Waals surface area contributed by atoms with E-state index in [2.05, 4.69) is 0 Å². The Morgan fingerprint density at radius 3 is 2.27 bits per heavy atom. The number of pyridine rings is 1. The van der Waals surface area contributed by atoms with E-state index >= 15 is 0 Å². The summed E-state index contributed by atoms with van der Waals surface area (Å²) in [6.07, 6.45) is 2.52. The van der Waals surface area contributed by atoms with Crippen LogP contribution in [-0.2, 0) is 24.3 Å². The van der Waals surface area contributed by atoms with Crippen molar-refractivity contribution in [1.29, 1.82) is 0 Å². The number of benzene rings is 2. The van der Waals surface area contributed by atoms with Gasteiger partial charge in [0.25, 0.3) is 0 Å². The molecule has 0 atom stereocenters. The van der Waals surface area contributed by atoms with Crippen molar-refractivity contribution in [3.63, 3.8) is 0 Å². The minimum atomic E-state index is 0.00437. The quantitative estimate of drug-likeness (QED) is 0.282. The number of nitrogens with zero attached hydrogens (tertiary/aromatic N) is 3. The van der Waals surface area contributed by atoms with Crippen LogP contribution in [0.25, 0.3) is 10.9 Å². The average molecular weight is 504 g/mol. The molecule has 0 aliphatic carbocycles. The molecule has 0 unspecified atom stereocenters. The van der Waals surface area contributed by atoms with E-state index < -0.39 is 0 Å². The zero-order valence-electron chi connectivity index (χ0n) is 22.0. The fourth-order valence-electron chi connectivity index (χ4n) is 4.42. The smallest absolute Gasteiger partial charge is 0.223 e. The van der Waals surface area contributed by atoms with Gasteiger partial charge < -0.3 is 28.4 Å². The van der Waals surface area contributed by atoms with Crippen LogP contribution in [0.15, 0.2) is 65.3 Å². The minimum absolute atomic E-state index is 0.00437. The van der Waals surface area contributed by atoms with Gasteiger partial charge in [0.2, 0.25) is 5.91 Å². The second-order valence-electron chi connectivity index (χ2n) is 8.87. The number of methoxy groups -OCH3 is 3. The van der Waals surface area contributed by atoms with Gasteiger partial charge in [-0.2, -0.15) is 0 Å². The Morgan fingerprint density at radius 2 is 1.59 bits per heavy atom. The molecule has 194 valence electrons. The number of carbonyl (C=O) groups excluding carboxylic acids is 1. The number of anilines is 1. The molecule has 4 rings (SSSR count). The largest absolute Gasteiger partial charge is 0.496 e. The van der Waals surface area contributed by atoms with Crippen LogP contribution < -0.4 is 19.1 Å². The monoisotopic (exact) mass is 503 g/mol. The summed E-state index contributed by atoms with van der Waals surface area (Å²) in [5.74, 6) is 3.60. The van der Waals surface area contributed by atoms with Gasteiger partial charge in [-0.05, 0) is 48.4 Å². The second kappa shape index (κ2) is 11.7. The molecule has 2 aromatic carbocycles. The molecule has 4 aromatic rings. The molecule has 8 nitrogen and oxygen atoms in total. The summed E-state index contributed by atoms with van der Waals surface area (Å²) in [7, 11) is 8.76. The fraction of sp³-hybridized carbons (Fsp3) is 0.310. The van der Waals surface area contributed by atoms with Crippen molar-refractivity contribution < 1.29 is 23.4 Å². The number of carbonyl (C=O) groups is 1. The maximum absolute atomic E-state index is 13.6. The molecule has 0 aliphatic heterocycles. The topological polar surface area (TPSA) is 77.3 Å². The van der Waals surface area contributed by atoms with Gasteiger partial charge >= 0.3 is 0 Å². The van der Waals surface area contributed by atoms with Crippen molar-refractivity contribution in [3.05, 3.63) is 77.7 Å². The zero-order chi connectivity index (χ0) is 26.4.